The summed E-state index contributed by atoms with van der Waals surface area (Å²) in [5, 5.41) is 7.49. The number of imidazole rings is 1. The SMILES string of the molecule is Cc1cc(C)c2cnc(C(=O)NC3CCCCC3)n2n1. The first-order valence-electron chi connectivity index (χ1n) is 7.28. The van der Waals surface area contributed by atoms with Gasteiger partial charge in [-0.05, 0) is 38.3 Å². The monoisotopic (exact) mass is 272 g/mol. The molecule has 1 fully saturated rings. The molecule has 1 N–H and O–H groups in total. The van der Waals surface area contributed by atoms with E-state index in [4.69, 9.17) is 0 Å². The Morgan fingerprint density at radius 3 is 2.80 bits per heavy atom. The van der Waals surface area contributed by atoms with Crippen molar-refractivity contribution in [1.29, 1.82) is 0 Å². The highest BCUT2D eigenvalue weighted by Crippen LogP contribution is 2.18. The van der Waals surface area contributed by atoms with E-state index in [9.17, 15) is 4.79 Å². The zero-order valence-corrected chi connectivity index (χ0v) is 12.0. The Balaban J connectivity index is 1.87. The third-order valence-electron chi connectivity index (χ3n) is 3.97. The van der Waals surface area contributed by atoms with Gasteiger partial charge in [0.2, 0.25) is 5.82 Å². The van der Waals surface area contributed by atoms with E-state index in [1.165, 1.54) is 19.3 Å². The molecule has 1 amide bonds. The highest BCUT2D eigenvalue weighted by atomic mass is 16.2. The van der Waals surface area contributed by atoms with Crippen molar-refractivity contribution in [3.63, 3.8) is 0 Å². The number of aryl methyl sites for hydroxylation is 2. The molecule has 0 radical (unpaired) electrons. The lowest BCUT2D eigenvalue weighted by atomic mass is 9.95. The Labute approximate surface area is 118 Å². The van der Waals surface area contributed by atoms with Gasteiger partial charge in [0.15, 0.2) is 0 Å². The third-order valence-corrected chi connectivity index (χ3v) is 3.97. The molecule has 0 spiro atoms. The van der Waals surface area contributed by atoms with Crippen molar-refractivity contribution >= 4 is 11.4 Å². The molecular formula is C15H20N4O. The molecule has 1 aliphatic rings. The van der Waals surface area contributed by atoms with Gasteiger partial charge in [0.05, 0.1) is 17.4 Å². The zero-order valence-electron chi connectivity index (χ0n) is 12.0. The summed E-state index contributed by atoms with van der Waals surface area (Å²) in [6.45, 7) is 3.93. The van der Waals surface area contributed by atoms with E-state index in [-0.39, 0.29) is 11.9 Å². The van der Waals surface area contributed by atoms with Crippen molar-refractivity contribution in [3.8, 4) is 0 Å². The normalized spacial score (nSPS) is 16.5. The first-order chi connectivity index (χ1) is 9.65. The van der Waals surface area contributed by atoms with Gasteiger partial charge in [-0.2, -0.15) is 5.10 Å². The summed E-state index contributed by atoms with van der Waals surface area (Å²) in [5.74, 6) is 0.270. The first kappa shape index (κ1) is 13.1. The van der Waals surface area contributed by atoms with Gasteiger partial charge in [0.1, 0.15) is 0 Å². The summed E-state index contributed by atoms with van der Waals surface area (Å²) in [4.78, 5) is 16.6. The molecule has 1 saturated carbocycles. The Hall–Kier alpha value is -1.91. The molecule has 5 heteroatoms. The van der Waals surface area contributed by atoms with Gasteiger partial charge >= 0.3 is 0 Å². The molecule has 3 rings (SSSR count). The van der Waals surface area contributed by atoms with Gasteiger partial charge in [-0.3, -0.25) is 4.79 Å². The van der Waals surface area contributed by atoms with Gasteiger partial charge < -0.3 is 5.32 Å². The Morgan fingerprint density at radius 2 is 2.05 bits per heavy atom. The van der Waals surface area contributed by atoms with E-state index in [0.29, 0.717) is 5.82 Å². The molecule has 2 heterocycles. The fraction of sp³-hybridized carbons (Fsp3) is 0.533. The summed E-state index contributed by atoms with van der Waals surface area (Å²) in [5.41, 5.74) is 2.87. The third kappa shape index (κ3) is 2.40. The minimum Gasteiger partial charge on any atom is -0.347 e. The average molecular weight is 272 g/mol. The molecular weight excluding hydrogens is 252 g/mol. The van der Waals surface area contributed by atoms with E-state index in [1.54, 1.807) is 10.7 Å². The molecule has 0 atom stereocenters. The van der Waals surface area contributed by atoms with Crippen LogP contribution in [0.4, 0.5) is 0 Å². The highest BCUT2D eigenvalue weighted by Gasteiger charge is 2.20. The van der Waals surface area contributed by atoms with Crippen LogP contribution >= 0.6 is 0 Å². The van der Waals surface area contributed by atoms with E-state index < -0.39 is 0 Å². The quantitative estimate of drug-likeness (QED) is 0.913. The summed E-state index contributed by atoms with van der Waals surface area (Å²) < 4.78 is 1.66. The van der Waals surface area contributed by atoms with Gasteiger partial charge in [-0.25, -0.2) is 9.50 Å². The lowest BCUT2D eigenvalue weighted by molar-refractivity contribution is 0.0915. The molecule has 2 aromatic heterocycles. The Kier molecular flexibility index (Phi) is 3.42. The lowest BCUT2D eigenvalue weighted by Crippen LogP contribution is -2.37. The minimum atomic E-state index is -0.116. The van der Waals surface area contributed by atoms with Gasteiger partial charge in [-0.15, -0.1) is 0 Å². The molecule has 0 bridgehead atoms. The van der Waals surface area contributed by atoms with Crippen molar-refractivity contribution in [2.45, 2.75) is 52.0 Å². The van der Waals surface area contributed by atoms with Crippen molar-refractivity contribution in [3.05, 3.63) is 29.3 Å². The highest BCUT2D eigenvalue weighted by molar-refractivity contribution is 5.92. The molecule has 0 aliphatic heterocycles. The maximum absolute atomic E-state index is 12.4. The van der Waals surface area contributed by atoms with Crippen LogP contribution in [0.1, 0.15) is 54.0 Å². The summed E-state index contributed by atoms with van der Waals surface area (Å²) in [6.07, 6.45) is 7.53. The van der Waals surface area contributed by atoms with Crippen LogP contribution in [0.15, 0.2) is 12.3 Å². The number of hydrogen-bond acceptors (Lipinski definition) is 3. The predicted octanol–water partition coefficient (Wildman–Crippen LogP) is 2.41. The first-order valence-corrected chi connectivity index (χ1v) is 7.28. The molecule has 20 heavy (non-hydrogen) atoms. The van der Waals surface area contributed by atoms with Crippen LogP contribution in [0.3, 0.4) is 0 Å². The predicted molar refractivity (Wildman–Crippen MR) is 76.8 cm³/mol. The Morgan fingerprint density at radius 1 is 1.30 bits per heavy atom. The number of nitrogens with one attached hydrogen (secondary N) is 1. The average Bonchev–Trinajstić information content (AvgIpc) is 2.84. The van der Waals surface area contributed by atoms with E-state index in [1.807, 2.05) is 19.9 Å². The van der Waals surface area contributed by atoms with Crippen molar-refractivity contribution in [1.82, 2.24) is 19.9 Å². The topological polar surface area (TPSA) is 59.3 Å². The maximum Gasteiger partial charge on any atom is 0.289 e. The molecule has 5 nitrogen and oxygen atoms in total. The number of nitrogens with zero attached hydrogens (tertiary/aromatic N) is 3. The molecule has 106 valence electrons. The van der Waals surface area contributed by atoms with Crippen molar-refractivity contribution in [2.75, 3.05) is 0 Å². The molecule has 0 unspecified atom stereocenters. The van der Waals surface area contributed by atoms with E-state index in [2.05, 4.69) is 15.4 Å². The van der Waals surface area contributed by atoms with Crippen molar-refractivity contribution < 1.29 is 4.79 Å². The fourth-order valence-corrected chi connectivity index (χ4v) is 2.94. The summed E-state index contributed by atoms with van der Waals surface area (Å²) in [6, 6.07) is 2.29. The number of aromatic nitrogens is 3. The smallest absolute Gasteiger partial charge is 0.289 e. The van der Waals surface area contributed by atoms with E-state index in [0.717, 1.165) is 29.6 Å². The van der Waals surface area contributed by atoms with Crippen LogP contribution < -0.4 is 5.32 Å². The van der Waals surface area contributed by atoms with Gasteiger partial charge in [0.25, 0.3) is 5.91 Å². The molecule has 1 aliphatic carbocycles. The number of amides is 1. The van der Waals surface area contributed by atoms with Crippen LogP contribution in [0, 0.1) is 13.8 Å². The number of hydrogen-bond donors (Lipinski definition) is 1. The van der Waals surface area contributed by atoms with Crippen LogP contribution in [-0.2, 0) is 0 Å². The number of fused-ring (bicyclic) bond motifs is 1. The van der Waals surface area contributed by atoms with Crippen LogP contribution in [-0.4, -0.2) is 26.5 Å². The van der Waals surface area contributed by atoms with Crippen LogP contribution in [0.5, 0.6) is 0 Å². The second kappa shape index (κ2) is 5.23. The second-order valence-corrected chi connectivity index (χ2v) is 5.66. The molecule has 0 aromatic carbocycles. The van der Waals surface area contributed by atoms with Gasteiger partial charge in [0, 0.05) is 6.04 Å². The largest absolute Gasteiger partial charge is 0.347 e. The van der Waals surface area contributed by atoms with Crippen LogP contribution in [0.2, 0.25) is 0 Å². The second-order valence-electron chi connectivity index (χ2n) is 5.66. The maximum atomic E-state index is 12.4. The Bertz CT molecular complexity index is 641. The number of carbonyl (C=O) groups excluding carboxylic acids is 1. The number of carbonyl (C=O) groups is 1. The lowest BCUT2D eigenvalue weighted by Gasteiger charge is -2.22. The molecule has 0 saturated heterocycles. The standard InChI is InChI=1S/C15H20N4O/c1-10-8-11(2)18-19-13(10)9-16-14(19)15(20)17-12-6-4-3-5-7-12/h8-9,12H,3-7H2,1-2H3,(H,17,20). The zero-order chi connectivity index (χ0) is 14.1. The minimum absolute atomic E-state index is 0.116. The van der Waals surface area contributed by atoms with Gasteiger partial charge in [-0.1, -0.05) is 19.3 Å². The fourth-order valence-electron chi connectivity index (χ4n) is 2.94. The summed E-state index contributed by atoms with van der Waals surface area (Å²) >= 11 is 0. The van der Waals surface area contributed by atoms with Crippen molar-refractivity contribution in [2.24, 2.45) is 0 Å². The van der Waals surface area contributed by atoms with Crippen LogP contribution in [0.25, 0.3) is 5.52 Å². The van der Waals surface area contributed by atoms with E-state index >= 15 is 0 Å². The molecule has 2 aromatic rings. The summed E-state index contributed by atoms with van der Waals surface area (Å²) in [7, 11) is 0. The number of rotatable bonds is 2.